The minimum Gasteiger partial charge on any atom is -0.478 e. The van der Waals surface area contributed by atoms with E-state index in [-0.39, 0.29) is 0 Å². The van der Waals surface area contributed by atoms with Crippen molar-refractivity contribution in [2.24, 2.45) is 0 Å². The Hall–Kier alpha value is 0.420. The van der Waals surface area contributed by atoms with Gasteiger partial charge >= 0.3 is 5.97 Å². The molecular weight excluding hydrogens is 559 g/mol. The molecule has 0 heterocycles. The van der Waals surface area contributed by atoms with E-state index in [0.29, 0.717) is 17.7 Å². The number of carbonyl (C=O) groups is 1. The van der Waals surface area contributed by atoms with Gasteiger partial charge in [-0.1, -0.05) is 6.92 Å². The number of anilines is 1. The summed E-state index contributed by atoms with van der Waals surface area (Å²) in [6.07, 6.45) is 2.20. The highest BCUT2D eigenvalue weighted by Crippen LogP contribution is 2.31. The molecule has 0 spiro atoms. The minimum atomic E-state index is -0.878. The van der Waals surface area contributed by atoms with Crippen LogP contribution in [0, 0.1) is 10.7 Å². The first-order valence-corrected chi connectivity index (χ1v) is 7.98. The Morgan fingerprint density at radius 2 is 2.00 bits per heavy atom. The van der Waals surface area contributed by atoms with E-state index in [4.69, 9.17) is 10.8 Å². The van der Waals surface area contributed by atoms with Crippen LogP contribution in [0.15, 0.2) is 11.6 Å². The van der Waals surface area contributed by atoms with Crippen LogP contribution >= 0.6 is 67.8 Å². The van der Waals surface area contributed by atoms with Crippen molar-refractivity contribution in [3.63, 3.8) is 0 Å². The van der Waals surface area contributed by atoms with Gasteiger partial charge in [0.15, 0.2) is 0 Å². The van der Waals surface area contributed by atoms with Crippen molar-refractivity contribution in [2.75, 3.05) is 5.73 Å². The summed E-state index contributed by atoms with van der Waals surface area (Å²) in [6, 6.07) is 1.96. The summed E-state index contributed by atoms with van der Waals surface area (Å²) in [5, 5.41) is 9.03. The molecule has 1 aromatic rings. The lowest BCUT2D eigenvalue weighted by Crippen LogP contribution is -2.02. The highest BCUT2D eigenvalue weighted by atomic mass is 127. The number of nitrogen functional groups attached to an aromatic ring is 1. The van der Waals surface area contributed by atoms with Gasteiger partial charge in [0.2, 0.25) is 0 Å². The number of halogens is 3. The quantitative estimate of drug-likeness (QED) is 0.330. The summed E-state index contributed by atoms with van der Waals surface area (Å²) >= 11 is 6.53. The molecule has 0 aliphatic rings. The summed E-state index contributed by atoms with van der Waals surface area (Å²) in [6.45, 7) is 1.83. The van der Waals surface area contributed by atoms with Crippen LogP contribution in [-0.2, 0) is 4.79 Å². The van der Waals surface area contributed by atoms with Crippen molar-refractivity contribution in [3.8, 4) is 0 Å². The van der Waals surface area contributed by atoms with Crippen molar-refractivity contribution in [2.45, 2.75) is 13.3 Å². The normalized spacial score (nSPS) is 11.6. The Kier molecular flexibility index (Phi) is 5.96. The zero-order valence-corrected chi connectivity index (χ0v) is 15.4. The maximum atomic E-state index is 11.0. The van der Waals surface area contributed by atoms with Gasteiger partial charge in [-0.3, -0.25) is 0 Å². The Morgan fingerprint density at radius 3 is 2.47 bits per heavy atom. The van der Waals surface area contributed by atoms with E-state index in [1.54, 1.807) is 6.08 Å². The molecule has 6 heteroatoms. The van der Waals surface area contributed by atoms with Crippen molar-refractivity contribution in [3.05, 3.63) is 27.9 Å². The average Bonchev–Trinajstić information content (AvgIpc) is 2.26. The molecule has 1 aromatic carbocycles. The SMILES string of the molecule is CC/C(=C\c1c(I)cc(I)c(N)c1I)C(=O)O. The van der Waals surface area contributed by atoms with Gasteiger partial charge in [0.05, 0.1) is 5.69 Å². The third kappa shape index (κ3) is 3.69. The molecule has 0 saturated heterocycles. The first-order chi connectivity index (χ1) is 7.88. The fourth-order valence-electron chi connectivity index (χ4n) is 1.24. The number of nitrogens with two attached hydrogens (primary N) is 1. The lowest BCUT2D eigenvalue weighted by atomic mass is 10.1. The van der Waals surface area contributed by atoms with Gasteiger partial charge in [-0.2, -0.15) is 0 Å². The standard InChI is InChI=1S/C11H10I3NO2/c1-2-5(11(16)17)3-6-7(12)4-8(13)10(15)9(6)14/h3-4H,2,15H2,1H3,(H,16,17)/b5-3+. The zero-order valence-electron chi connectivity index (χ0n) is 8.93. The third-order valence-electron chi connectivity index (χ3n) is 2.22. The van der Waals surface area contributed by atoms with Crippen LogP contribution in [0.3, 0.4) is 0 Å². The van der Waals surface area contributed by atoms with Gasteiger partial charge in [-0.25, -0.2) is 4.79 Å². The molecule has 3 N–H and O–H groups in total. The highest BCUT2D eigenvalue weighted by Gasteiger charge is 2.12. The number of rotatable bonds is 3. The second-order valence-electron chi connectivity index (χ2n) is 3.31. The Morgan fingerprint density at radius 1 is 1.41 bits per heavy atom. The zero-order chi connectivity index (χ0) is 13.2. The van der Waals surface area contributed by atoms with Crippen LogP contribution in [0.2, 0.25) is 0 Å². The van der Waals surface area contributed by atoms with Gasteiger partial charge in [-0.05, 0) is 86.3 Å². The van der Waals surface area contributed by atoms with Crippen molar-refractivity contribution in [1.29, 1.82) is 0 Å². The predicted octanol–water partition coefficient (Wildman–Crippen LogP) is 3.96. The molecule has 0 bridgehead atoms. The molecule has 17 heavy (non-hydrogen) atoms. The van der Waals surface area contributed by atoms with Crippen LogP contribution in [0.25, 0.3) is 6.08 Å². The van der Waals surface area contributed by atoms with Gasteiger partial charge in [-0.15, -0.1) is 0 Å². The average molecular weight is 569 g/mol. The Bertz CT molecular complexity index is 498. The fraction of sp³-hybridized carbons (Fsp3) is 0.182. The molecule has 0 aromatic heterocycles. The van der Waals surface area contributed by atoms with E-state index in [1.165, 1.54) is 0 Å². The molecule has 92 valence electrons. The summed E-state index contributed by atoms with van der Waals surface area (Å²) in [5.74, 6) is -0.878. The van der Waals surface area contributed by atoms with Gasteiger partial charge in [0.1, 0.15) is 0 Å². The number of benzene rings is 1. The van der Waals surface area contributed by atoms with E-state index in [2.05, 4.69) is 67.8 Å². The molecule has 0 atom stereocenters. The van der Waals surface area contributed by atoms with E-state index < -0.39 is 5.97 Å². The maximum absolute atomic E-state index is 11.0. The van der Waals surface area contributed by atoms with E-state index >= 15 is 0 Å². The van der Waals surface area contributed by atoms with Crippen molar-refractivity contribution < 1.29 is 9.90 Å². The van der Waals surface area contributed by atoms with Crippen LogP contribution in [-0.4, -0.2) is 11.1 Å². The number of hydrogen-bond donors (Lipinski definition) is 2. The highest BCUT2D eigenvalue weighted by molar-refractivity contribution is 14.1. The van der Waals surface area contributed by atoms with Gasteiger partial charge in [0.25, 0.3) is 0 Å². The molecule has 0 radical (unpaired) electrons. The molecule has 3 nitrogen and oxygen atoms in total. The van der Waals surface area contributed by atoms with Gasteiger partial charge < -0.3 is 10.8 Å². The summed E-state index contributed by atoms with van der Waals surface area (Å²) in [5.41, 5.74) is 7.94. The van der Waals surface area contributed by atoms with Crippen molar-refractivity contribution >= 4 is 85.5 Å². The summed E-state index contributed by atoms with van der Waals surface area (Å²) in [4.78, 5) is 11.0. The molecular formula is C11H10I3NO2. The molecule has 0 unspecified atom stereocenters. The summed E-state index contributed by atoms with van der Waals surface area (Å²) < 4.78 is 2.91. The fourth-order valence-corrected chi connectivity index (χ4v) is 4.93. The summed E-state index contributed by atoms with van der Waals surface area (Å²) in [7, 11) is 0. The van der Waals surface area contributed by atoms with Crippen LogP contribution in [0.1, 0.15) is 18.9 Å². The van der Waals surface area contributed by atoms with Crippen LogP contribution in [0.5, 0.6) is 0 Å². The second-order valence-corrected chi connectivity index (χ2v) is 6.71. The largest absolute Gasteiger partial charge is 0.478 e. The Labute approximate surface area is 141 Å². The number of carboxylic acid groups (broad SMARTS) is 1. The smallest absolute Gasteiger partial charge is 0.331 e. The molecule has 0 aliphatic carbocycles. The monoisotopic (exact) mass is 569 g/mol. The number of aliphatic carboxylic acids is 1. The van der Waals surface area contributed by atoms with Crippen molar-refractivity contribution in [1.82, 2.24) is 0 Å². The lowest BCUT2D eigenvalue weighted by molar-refractivity contribution is -0.132. The topological polar surface area (TPSA) is 63.3 Å². The number of carboxylic acids is 1. The second kappa shape index (κ2) is 6.55. The molecule has 0 amide bonds. The molecule has 0 aliphatic heterocycles. The third-order valence-corrected chi connectivity index (χ3v) is 5.16. The minimum absolute atomic E-state index is 0.390. The Balaban J connectivity index is 3.42. The van der Waals surface area contributed by atoms with Crippen LogP contribution < -0.4 is 5.73 Å². The van der Waals surface area contributed by atoms with Crippen LogP contribution in [0.4, 0.5) is 5.69 Å². The maximum Gasteiger partial charge on any atom is 0.331 e. The molecule has 1 rings (SSSR count). The first-order valence-electron chi connectivity index (χ1n) is 4.75. The predicted molar refractivity (Wildman–Crippen MR) is 94.9 cm³/mol. The van der Waals surface area contributed by atoms with E-state index in [9.17, 15) is 4.79 Å². The molecule has 0 saturated carbocycles. The van der Waals surface area contributed by atoms with Gasteiger partial charge in [0, 0.05) is 21.8 Å². The lowest BCUT2D eigenvalue weighted by Gasteiger charge is -2.09. The first kappa shape index (κ1) is 15.5. The number of hydrogen-bond acceptors (Lipinski definition) is 2. The van der Waals surface area contributed by atoms with E-state index in [1.807, 2.05) is 13.0 Å². The van der Waals surface area contributed by atoms with E-state index in [0.717, 1.165) is 16.3 Å². The molecule has 0 fully saturated rings.